The zero-order valence-corrected chi connectivity index (χ0v) is 16.6. The highest BCUT2D eigenvalue weighted by Gasteiger charge is 2.25. The van der Waals surface area contributed by atoms with Crippen LogP contribution in [-0.2, 0) is 0 Å². The molecule has 0 bridgehead atoms. The number of nitriles is 1. The number of carbonyl (C=O) groups excluding carboxylic acids is 1. The normalized spacial score (nSPS) is 13.8. The molecule has 0 atom stereocenters. The average molecular weight is 391 g/mol. The number of likely N-dealkylation sites (tertiary alicyclic amines) is 1. The summed E-state index contributed by atoms with van der Waals surface area (Å²) in [4.78, 5) is 19.1. The van der Waals surface area contributed by atoms with Crippen molar-refractivity contribution in [2.75, 3.05) is 13.1 Å². The van der Waals surface area contributed by atoms with Crippen molar-refractivity contribution in [3.8, 4) is 17.9 Å². The SMILES string of the molecule is N#Cc1cccc(C2CCN(C(=O)c3cncc(C#Cc4ccccc4)c3)CC2)c1. The molecule has 0 radical (unpaired) electrons. The fourth-order valence-electron chi connectivity index (χ4n) is 3.75. The average Bonchev–Trinajstić information content (AvgIpc) is 2.83. The van der Waals surface area contributed by atoms with Crippen LogP contribution in [0.25, 0.3) is 0 Å². The van der Waals surface area contributed by atoms with Gasteiger partial charge in [0.15, 0.2) is 0 Å². The molecule has 4 rings (SSSR count). The van der Waals surface area contributed by atoms with Crippen LogP contribution in [-0.4, -0.2) is 28.9 Å². The molecule has 1 amide bonds. The minimum Gasteiger partial charge on any atom is -0.339 e. The summed E-state index contributed by atoms with van der Waals surface area (Å²) < 4.78 is 0. The number of piperidine rings is 1. The minimum absolute atomic E-state index is 0.00455. The van der Waals surface area contributed by atoms with Crippen LogP contribution >= 0.6 is 0 Å². The Balaban J connectivity index is 1.42. The Hall–Kier alpha value is -3.89. The highest BCUT2D eigenvalue weighted by molar-refractivity contribution is 5.94. The predicted molar refractivity (Wildman–Crippen MR) is 116 cm³/mol. The molecule has 146 valence electrons. The van der Waals surface area contributed by atoms with Crippen molar-refractivity contribution in [2.45, 2.75) is 18.8 Å². The molecule has 2 heterocycles. The molecule has 0 unspecified atom stereocenters. The van der Waals surface area contributed by atoms with Crippen LogP contribution in [0.2, 0.25) is 0 Å². The molecular weight excluding hydrogens is 370 g/mol. The van der Waals surface area contributed by atoms with Crippen molar-refractivity contribution in [3.05, 3.63) is 101 Å². The molecule has 1 aliphatic rings. The number of aromatic nitrogens is 1. The van der Waals surface area contributed by atoms with Gasteiger partial charge in [-0.3, -0.25) is 9.78 Å². The molecule has 0 N–H and O–H groups in total. The summed E-state index contributed by atoms with van der Waals surface area (Å²) in [5, 5.41) is 9.11. The van der Waals surface area contributed by atoms with E-state index in [1.807, 2.05) is 59.5 Å². The third kappa shape index (κ3) is 4.57. The van der Waals surface area contributed by atoms with Gasteiger partial charge in [-0.1, -0.05) is 42.2 Å². The van der Waals surface area contributed by atoms with Crippen LogP contribution in [0.4, 0.5) is 0 Å². The van der Waals surface area contributed by atoms with Crippen molar-refractivity contribution in [3.63, 3.8) is 0 Å². The maximum Gasteiger partial charge on any atom is 0.255 e. The maximum atomic E-state index is 13.0. The van der Waals surface area contributed by atoms with Crippen LogP contribution in [0.5, 0.6) is 0 Å². The van der Waals surface area contributed by atoms with E-state index in [1.54, 1.807) is 12.4 Å². The second kappa shape index (κ2) is 9.07. The van der Waals surface area contributed by atoms with Crippen molar-refractivity contribution in [2.24, 2.45) is 0 Å². The van der Waals surface area contributed by atoms with Crippen molar-refractivity contribution in [1.82, 2.24) is 9.88 Å². The van der Waals surface area contributed by atoms with Gasteiger partial charge in [-0.05, 0) is 54.7 Å². The van der Waals surface area contributed by atoms with Crippen LogP contribution in [0, 0.1) is 23.2 Å². The van der Waals surface area contributed by atoms with Gasteiger partial charge in [-0.15, -0.1) is 0 Å². The van der Waals surface area contributed by atoms with E-state index in [2.05, 4.69) is 29.0 Å². The molecule has 1 aliphatic heterocycles. The highest BCUT2D eigenvalue weighted by Crippen LogP contribution is 2.29. The van der Waals surface area contributed by atoms with Gasteiger partial charge in [-0.25, -0.2) is 0 Å². The first kappa shape index (κ1) is 19.4. The molecule has 30 heavy (non-hydrogen) atoms. The molecule has 4 nitrogen and oxygen atoms in total. The van der Waals surface area contributed by atoms with Gasteiger partial charge >= 0.3 is 0 Å². The van der Waals surface area contributed by atoms with E-state index < -0.39 is 0 Å². The first-order valence-corrected chi connectivity index (χ1v) is 10.0. The number of nitrogens with zero attached hydrogens (tertiary/aromatic N) is 3. The number of pyridine rings is 1. The predicted octanol–water partition coefficient (Wildman–Crippen LogP) is 4.37. The van der Waals surface area contributed by atoms with E-state index in [-0.39, 0.29) is 5.91 Å². The number of hydrogen-bond acceptors (Lipinski definition) is 3. The molecule has 0 saturated carbocycles. The number of rotatable bonds is 2. The summed E-state index contributed by atoms with van der Waals surface area (Å²) >= 11 is 0. The fraction of sp³-hybridized carbons (Fsp3) is 0.192. The quantitative estimate of drug-likeness (QED) is 0.610. The lowest BCUT2D eigenvalue weighted by Crippen LogP contribution is -2.38. The van der Waals surface area contributed by atoms with E-state index in [1.165, 1.54) is 5.56 Å². The number of amides is 1. The van der Waals surface area contributed by atoms with Gasteiger partial charge in [0.25, 0.3) is 5.91 Å². The molecule has 4 heteroatoms. The summed E-state index contributed by atoms with van der Waals surface area (Å²) in [6.45, 7) is 1.39. The zero-order chi connectivity index (χ0) is 20.8. The Kier molecular flexibility index (Phi) is 5.88. The minimum atomic E-state index is -0.00455. The Labute approximate surface area is 176 Å². The summed E-state index contributed by atoms with van der Waals surface area (Å²) in [5.41, 5.74) is 4.09. The second-order valence-electron chi connectivity index (χ2n) is 7.38. The van der Waals surface area contributed by atoms with Gasteiger partial charge in [0.2, 0.25) is 0 Å². The third-order valence-corrected chi connectivity index (χ3v) is 5.38. The summed E-state index contributed by atoms with van der Waals surface area (Å²) in [6.07, 6.45) is 5.07. The first-order valence-electron chi connectivity index (χ1n) is 10.0. The molecule has 1 aromatic heterocycles. The van der Waals surface area contributed by atoms with Gasteiger partial charge in [0.05, 0.1) is 17.2 Å². The lowest BCUT2D eigenvalue weighted by atomic mass is 9.88. The van der Waals surface area contributed by atoms with E-state index in [0.717, 1.165) is 24.0 Å². The standard InChI is InChI=1S/C26H21N3O/c27-17-21-7-4-8-24(15-21)23-11-13-29(14-12-23)26(30)25-16-22(18-28-19-25)10-9-20-5-2-1-3-6-20/h1-8,15-16,18-19,23H,11-14H2. The summed E-state index contributed by atoms with van der Waals surface area (Å²) in [5.74, 6) is 6.56. The van der Waals surface area contributed by atoms with Crippen LogP contribution < -0.4 is 0 Å². The van der Waals surface area contributed by atoms with Gasteiger partial charge in [-0.2, -0.15) is 5.26 Å². The molecule has 3 aromatic rings. The molecular formula is C26H21N3O. The fourth-order valence-corrected chi connectivity index (χ4v) is 3.75. The number of benzene rings is 2. The van der Waals surface area contributed by atoms with Gasteiger partial charge in [0, 0.05) is 36.6 Å². The molecule has 1 saturated heterocycles. The molecule has 0 spiro atoms. The summed E-state index contributed by atoms with van der Waals surface area (Å²) in [7, 11) is 0. The largest absolute Gasteiger partial charge is 0.339 e. The monoisotopic (exact) mass is 391 g/mol. The van der Waals surface area contributed by atoms with Crippen molar-refractivity contribution >= 4 is 5.91 Å². The van der Waals surface area contributed by atoms with Gasteiger partial charge in [0.1, 0.15) is 0 Å². The second-order valence-corrected chi connectivity index (χ2v) is 7.38. The Morgan fingerprint density at radius 2 is 1.63 bits per heavy atom. The van der Waals surface area contributed by atoms with E-state index in [9.17, 15) is 4.79 Å². The Morgan fingerprint density at radius 3 is 2.40 bits per heavy atom. The van der Waals surface area contributed by atoms with E-state index in [0.29, 0.717) is 30.1 Å². The Bertz CT molecular complexity index is 1140. The van der Waals surface area contributed by atoms with E-state index in [4.69, 9.17) is 5.26 Å². The van der Waals surface area contributed by atoms with Crippen molar-refractivity contribution in [1.29, 1.82) is 5.26 Å². The van der Waals surface area contributed by atoms with Crippen LogP contribution in [0.3, 0.4) is 0 Å². The third-order valence-electron chi connectivity index (χ3n) is 5.38. The number of carbonyl (C=O) groups is 1. The highest BCUT2D eigenvalue weighted by atomic mass is 16.2. The van der Waals surface area contributed by atoms with Gasteiger partial charge < -0.3 is 4.90 Å². The molecule has 1 fully saturated rings. The first-order chi connectivity index (χ1) is 14.7. The lowest BCUT2D eigenvalue weighted by Gasteiger charge is -2.32. The smallest absolute Gasteiger partial charge is 0.255 e. The summed E-state index contributed by atoms with van der Waals surface area (Å²) in [6, 6.07) is 21.5. The van der Waals surface area contributed by atoms with Crippen LogP contribution in [0.1, 0.15) is 51.4 Å². The zero-order valence-electron chi connectivity index (χ0n) is 16.6. The number of hydrogen-bond donors (Lipinski definition) is 0. The lowest BCUT2D eigenvalue weighted by molar-refractivity contribution is 0.0712. The van der Waals surface area contributed by atoms with Crippen LogP contribution in [0.15, 0.2) is 73.1 Å². The molecule has 0 aliphatic carbocycles. The topological polar surface area (TPSA) is 57.0 Å². The maximum absolute atomic E-state index is 13.0. The molecule has 2 aromatic carbocycles. The van der Waals surface area contributed by atoms with Crippen molar-refractivity contribution < 1.29 is 4.79 Å². The van der Waals surface area contributed by atoms with E-state index >= 15 is 0 Å². The Morgan fingerprint density at radius 1 is 0.900 bits per heavy atom.